The molecule has 2 fully saturated rings. The normalized spacial score (nSPS) is 36.0. The molecule has 2 rings (SSSR count). The first kappa shape index (κ1) is 18.9. The minimum atomic E-state index is -1.57. The van der Waals surface area contributed by atoms with Crippen LogP contribution in [-0.2, 0) is 4.43 Å². The zero-order valence-electron chi connectivity index (χ0n) is 16.3. The minimum absolute atomic E-state index is 0.0647. The summed E-state index contributed by atoms with van der Waals surface area (Å²) < 4.78 is 6.90. The van der Waals surface area contributed by atoms with E-state index in [1.807, 2.05) is 0 Å². The van der Waals surface area contributed by atoms with Crippen molar-refractivity contribution in [3.63, 3.8) is 0 Å². The highest BCUT2D eigenvalue weighted by atomic mass is 29.6. The minimum Gasteiger partial charge on any atom is -0.403 e. The standard InChI is InChI=1S/C17H39NOSi3/c1-15(16-12-10-9-11-13-16)18-17(2)14-20(3,4)22(7,8)21(5,6)19-17/h15-16,18H,9-14H2,1-8H3. The second kappa shape index (κ2) is 6.14. The van der Waals surface area contributed by atoms with Crippen molar-refractivity contribution in [1.29, 1.82) is 0 Å². The molecule has 1 saturated carbocycles. The van der Waals surface area contributed by atoms with Gasteiger partial charge in [0.1, 0.15) is 5.72 Å². The molecule has 1 aliphatic carbocycles. The van der Waals surface area contributed by atoms with Crippen molar-refractivity contribution in [2.24, 2.45) is 5.92 Å². The Morgan fingerprint density at radius 2 is 1.55 bits per heavy atom. The van der Waals surface area contributed by atoms with E-state index in [1.54, 1.807) is 0 Å². The van der Waals surface area contributed by atoms with E-state index in [4.69, 9.17) is 4.43 Å². The molecular weight excluding hydrogens is 318 g/mol. The largest absolute Gasteiger partial charge is 0.403 e. The highest BCUT2D eigenvalue weighted by Crippen LogP contribution is 2.43. The Balaban J connectivity index is 2.13. The summed E-state index contributed by atoms with van der Waals surface area (Å²) >= 11 is 0. The van der Waals surface area contributed by atoms with Gasteiger partial charge in [0, 0.05) is 13.6 Å². The van der Waals surface area contributed by atoms with E-state index >= 15 is 0 Å². The number of nitrogens with one attached hydrogen (secondary N) is 1. The van der Waals surface area contributed by atoms with Gasteiger partial charge >= 0.3 is 0 Å². The first-order valence-electron chi connectivity index (χ1n) is 9.38. The van der Waals surface area contributed by atoms with Gasteiger partial charge in [-0.1, -0.05) is 45.5 Å². The smallest absolute Gasteiger partial charge is 0.173 e. The molecule has 1 aliphatic heterocycles. The fourth-order valence-corrected chi connectivity index (χ4v) is 35.1. The molecule has 2 nitrogen and oxygen atoms in total. The molecule has 1 saturated heterocycles. The van der Waals surface area contributed by atoms with Gasteiger partial charge < -0.3 is 4.43 Å². The molecule has 2 aliphatic rings. The highest BCUT2D eigenvalue weighted by molar-refractivity contribution is 7.67. The first-order chi connectivity index (χ1) is 9.90. The maximum atomic E-state index is 6.90. The average molecular weight is 358 g/mol. The van der Waals surface area contributed by atoms with Crippen LogP contribution in [0.25, 0.3) is 0 Å². The van der Waals surface area contributed by atoms with Crippen molar-refractivity contribution < 1.29 is 4.43 Å². The quantitative estimate of drug-likeness (QED) is 0.712. The number of hydrogen-bond donors (Lipinski definition) is 1. The van der Waals surface area contributed by atoms with Crippen molar-refractivity contribution in [1.82, 2.24) is 5.32 Å². The lowest BCUT2D eigenvalue weighted by Gasteiger charge is -2.59. The van der Waals surface area contributed by atoms with Gasteiger partial charge in [-0.05, 0) is 51.7 Å². The van der Waals surface area contributed by atoms with Gasteiger partial charge in [-0.3, -0.25) is 5.32 Å². The van der Waals surface area contributed by atoms with Crippen LogP contribution < -0.4 is 5.32 Å². The predicted octanol–water partition coefficient (Wildman–Crippen LogP) is 5.07. The van der Waals surface area contributed by atoms with E-state index in [2.05, 4.69) is 58.4 Å². The van der Waals surface area contributed by atoms with Crippen LogP contribution in [0.1, 0.15) is 46.0 Å². The summed E-state index contributed by atoms with van der Waals surface area (Å²) in [6.45, 7) is 20.3. The van der Waals surface area contributed by atoms with Crippen molar-refractivity contribution >= 4 is 22.5 Å². The second-order valence-corrected chi connectivity index (χ2v) is 37.1. The Morgan fingerprint density at radius 3 is 2.05 bits per heavy atom. The first-order valence-corrected chi connectivity index (χ1v) is 20.5. The summed E-state index contributed by atoms with van der Waals surface area (Å²) in [5.41, 5.74) is -0.0647. The molecule has 0 spiro atoms. The SMILES string of the molecule is CC(NC1(C)C[Si](C)(C)[Si](C)(C)[Si](C)(C)O1)C1CCCCC1. The maximum Gasteiger partial charge on any atom is 0.173 e. The highest BCUT2D eigenvalue weighted by Gasteiger charge is 2.61. The molecule has 0 aromatic rings. The van der Waals surface area contributed by atoms with Crippen LogP contribution in [0.2, 0.25) is 45.3 Å². The van der Waals surface area contributed by atoms with Gasteiger partial charge in [-0.2, -0.15) is 0 Å². The monoisotopic (exact) mass is 357 g/mol. The molecule has 1 heterocycles. The van der Waals surface area contributed by atoms with E-state index in [1.165, 1.54) is 38.1 Å². The van der Waals surface area contributed by atoms with Crippen molar-refractivity contribution in [3.05, 3.63) is 0 Å². The van der Waals surface area contributed by atoms with E-state index in [9.17, 15) is 0 Å². The third kappa shape index (κ3) is 3.48. The summed E-state index contributed by atoms with van der Waals surface area (Å²) in [5, 5.41) is 3.98. The molecule has 0 radical (unpaired) electrons. The third-order valence-electron chi connectivity index (χ3n) is 7.35. The topological polar surface area (TPSA) is 21.3 Å². The molecule has 1 N–H and O–H groups in total. The van der Waals surface area contributed by atoms with Crippen LogP contribution in [0.15, 0.2) is 0 Å². The molecule has 0 aromatic heterocycles. The van der Waals surface area contributed by atoms with Gasteiger partial charge in [0.25, 0.3) is 0 Å². The number of rotatable bonds is 3. The van der Waals surface area contributed by atoms with Crippen LogP contribution >= 0.6 is 0 Å². The van der Waals surface area contributed by atoms with Gasteiger partial charge in [0.05, 0.1) is 7.11 Å². The molecule has 2 atom stereocenters. The predicted molar refractivity (Wildman–Crippen MR) is 106 cm³/mol. The Labute approximate surface area is 141 Å². The van der Waals surface area contributed by atoms with E-state index in [0.29, 0.717) is 6.04 Å². The Bertz CT molecular complexity index is 383. The Hall–Kier alpha value is 0.571. The molecule has 0 amide bonds. The molecule has 22 heavy (non-hydrogen) atoms. The van der Waals surface area contributed by atoms with Crippen LogP contribution in [0.5, 0.6) is 0 Å². The molecule has 0 aromatic carbocycles. The zero-order valence-corrected chi connectivity index (χ0v) is 19.3. The summed E-state index contributed by atoms with van der Waals surface area (Å²) in [4.78, 5) is 0. The summed E-state index contributed by atoms with van der Waals surface area (Å²) in [6.07, 6.45) is 7.11. The van der Waals surface area contributed by atoms with Crippen molar-refractivity contribution in [2.45, 2.75) is 103 Å². The summed E-state index contributed by atoms with van der Waals surface area (Å²) in [5.74, 6) is 0.857. The lowest BCUT2D eigenvalue weighted by atomic mass is 9.84. The summed E-state index contributed by atoms with van der Waals surface area (Å²) in [6, 6.07) is 1.90. The van der Waals surface area contributed by atoms with Crippen LogP contribution in [0.4, 0.5) is 0 Å². The lowest BCUT2D eigenvalue weighted by molar-refractivity contribution is 0.0394. The molecule has 0 bridgehead atoms. The van der Waals surface area contributed by atoms with Gasteiger partial charge in [0.2, 0.25) is 0 Å². The van der Waals surface area contributed by atoms with Crippen LogP contribution in [0, 0.1) is 5.92 Å². The molecule has 130 valence electrons. The van der Waals surface area contributed by atoms with E-state index < -0.39 is 22.5 Å². The van der Waals surface area contributed by atoms with Crippen LogP contribution in [0.3, 0.4) is 0 Å². The Kier molecular flexibility index (Phi) is 5.27. The lowest BCUT2D eigenvalue weighted by Crippen LogP contribution is -2.80. The average Bonchev–Trinajstić information content (AvgIpc) is 2.36. The summed E-state index contributed by atoms with van der Waals surface area (Å²) in [7, 11) is -3.97. The van der Waals surface area contributed by atoms with E-state index in [0.717, 1.165) is 5.92 Å². The molecule has 2 unspecified atom stereocenters. The van der Waals surface area contributed by atoms with Gasteiger partial charge in [0.15, 0.2) is 7.83 Å². The third-order valence-corrected chi connectivity index (χ3v) is 47.8. The fraction of sp³-hybridized carbons (Fsp3) is 1.00. The molecular formula is C17H39NOSi3. The second-order valence-electron chi connectivity index (χ2n) is 9.86. The van der Waals surface area contributed by atoms with Gasteiger partial charge in [-0.15, -0.1) is 0 Å². The van der Waals surface area contributed by atoms with Crippen LogP contribution in [-0.4, -0.2) is 34.3 Å². The van der Waals surface area contributed by atoms with Crippen molar-refractivity contribution in [2.75, 3.05) is 0 Å². The number of hydrogen-bond acceptors (Lipinski definition) is 2. The van der Waals surface area contributed by atoms with Crippen molar-refractivity contribution in [3.8, 4) is 0 Å². The zero-order chi connectivity index (χ0) is 16.8. The maximum absolute atomic E-state index is 6.90. The fourth-order valence-electron chi connectivity index (χ4n) is 4.92. The Morgan fingerprint density at radius 1 is 1.00 bits per heavy atom. The van der Waals surface area contributed by atoms with E-state index in [-0.39, 0.29) is 5.72 Å². The molecule has 5 heteroatoms. The van der Waals surface area contributed by atoms with Gasteiger partial charge in [-0.25, -0.2) is 0 Å².